The first kappa shape index (κ1) is 34.6. The van der Waals surface area contributed by atoms with Gasteiger partial charge in [0.05, 0.1) is 12.5 Å². The number of benzene rings is 2. The van der Waals surface area contributed by atoms with Crippen LogP contribution in [0.25, 0.3) is 6.08 Å². The molecule has 4 rings (SSSR count). The fraction of sp³-hybridized carbons (Fsp3) is 0.486. The molecule has 3 amide bonds. The van der Waals surface area contributed by atoms with Gasteiger partial charge >= 0.3 is 5.97 Å². The van der Waals surface area contributed by atoms with Gasteiger partial charge in [0.2, 0.25) is 11.8 Å². The van der Waals surface area contributed by atoms with E-state index in [2.05, 4.69) is 16.1 Å². The van der Waals surface area contributed by atoms with Crippen LogP contribution >= 0.6 is 0 Å². The molecule has 11 heteroatoms. The zero-order valence-corrected chi connectivity index (χ0v) is 27.0. The van der Waals surface area contributed by atoms with Gasteiger partial charge in [0.15, 0.2) is 0 Å². The van der Waals surface area contributed by atoms with Gasteiger partial charge in [-0.05, 0) is 73.4 Å². The van der Waals surface area contributed by atoms with Crippen LogP contribution in [-0.4, -0.2) is 71.7 Å². The van der Waals surface area contributed by atoms with E-state index in [1.54, 1.807) is 19.2 Å². The Bertz CT molecular complexity index is 1410. The number of hydrogen-bond donors (Lipinski definition) is 4. The number of hydrogen-bond acceptors (Lipinski definition) is 8. The molecule has 2 aliphatic heterocycles. The van der Waals surface area contributed by atoms with Gasteiger partial charge in [-0.2, -0.15) is 0 Å². The van der Waals surface area contributed by atoms with E-state index in [4.69, 9.17) is 9.47 Å². The summed E-state index contributed by atoms with van der Waals surface area (Å²) in [6.07, 6.45) is 5.55. The van der Waals surface area contributed by atoms with E-state index in [9.17, 15) is 24.3 Å². The number of ether oxygens (including phenoxy) is 2. The van der Waals surface area contributed by atoms with E-state index < -0.39 is 42.0 Å². The van der Waals surface area contributed by atoms with E-state index in [1.807, 2.05) is 57.2 Å². The minimum Gasteiger partial charge on any atom is -0.508 e. The SMILES string of the molecule is CO[C@@H]1CC/C=C/c2cccc(c2)[C@@H](C)OC(=O)[C@@H]2CCCN(N2)C(=O)[C@H](Cc2cccc(O)c2)NC(=O)[C@H](C(C)C)NC(=O)C1. The molecule has 2 aliphatic rings. The van der Waals surface area contributed by atoms with Crippen molar-refractivity contribution in [3.8, 4) is 5.75 Å². The van der Waals surface area contributed by atoms with Crippen molar-refractivity contribution in [3.63, 3.8) is 0 Å². The second-order valence-electron chi connectivity index (χ2n) is 12.3. The maximum Gasteiger partial charge on any atom is 0.325 e. The summed E-state index contributed by atoms with van der Waals surface area (Å²) in [5.74, 6) is -2.01. The lowest BCUT2D eigenvalue weighted by Crippen LogP contribution is -2.62. The molecule has 2 heterocycles. The highest BCUT2D eigenvalue weighted by atomic mass is 16.5. The number of methoxy groups -OCH3 is 1. The van der Waals surface area contributed by atoms with Gasteiger partial charge in [-0.25, -0.2) is 5.43 Å². The Kier molecular flexibility index (Phi) is 12.3. The summed E-state index contributed by atoms with van der Waals surface area (Å²) >= 11 is 0. The molecule has 5 atom stereocenters. The molecule has 0 aromatic heterocycles. The predicted molar refractivity (Wildman–Crippen MR) is 173 cm³/mol. The minimum atomic E-state index is -1.05. The zero-order chi connectivity index (χ0) is 33.2. The summed E-state index contributed by atoms with van der Waals surface area (Å²) in [4.78, 5) is 54.0. The number of nitrogens with one attached hydrogen (secondary N) is 3. The average molecular weight is 635 g/mol. The Labute approximate surface area is 270 Å². The fourth-order valence-corrected chi connectivity index (χ4v) is 5.70. The van der Waals surface area contributed by atoms with E-state index in [-0.39, 0.29) is 36.5 Å². The molecule has 1 saturated heterocycles. The summed E-state index contributed by atoms with van der Waals surface area (Å²) in [5, 5.41) is 17.1. The Hall–Kier alpha value is -4.22. The van der Waals surface area contributed by atoms with Crippen molar-refractivity contribution in [2.45, 2.75) is 89.6 Å². The lowest BCUT2D eigenvalue weighted by atomic mass is 10.00. The Morgan fingerprint density at radius 3 is 2.57 bits per heavy atom. The first-order chi connectivity index (χ1) is 22.0. The monoisotopic (exact) mass is 634 g/mol. The molecule has 2 aromatic carbocycles. The molecule has 248 valence electrons. The van der Waals surface area contributed by atoms with Crippen LogP contribution < -0.4 is 16.1 Å². The van der Waals surface area contributed by atoms with E-state index >= 15 is 0 Å². The highest BCUT2D eigenvalue weighted by Crippen LogP contribution is 2.22. The van der Waals surface area contributed by atoms with Crippen LogP contribution in [0.3, 0.4) is 0 Å². The number of nitrogens with zero attached hydrogens (tertiary/aromatic N) is 1. The molecular formula is C35H46N4O7. The van der Waals surface area contributed by atoms with Crippen molar-refractivity contribution in [1.29, 1.82) is 0 Å². The Morgan fingerprint density at radius 1 is 1.04 bits per heavy atom. The standard InChI is InChI=1S/C35H46N4O7/c1-22(2)32-33(42)36-30(20-25-12-8-14-27(40)19-25)34(43)39-17-9-16-29(38-39)35(44)46-23(3)26-13-7-11-24(18-26)10-5-6-15-28(45-4)21-31(41)37-32/h5,7-8,10-14,18-19,22-23,28-30,32,38,40H,6,9,15-17,20-21H2,1-4H3,(H,36,42)(H,37,41)/b10-5+/t23-,28-,29+,30+,32+/m1/s1. The number of phenols is 1. The van der Waals surface area contributed by atoms with Crippen molar-refractivity contribution in [1.82, 2.24) is 21.1 Å². The number of allylic oxidation sites excluding steroid dienone is 1. The maximum absolute atomic E-state index is 14.0. The molecule has 0 unspecified atom stereocenters. The van der Waals surface area contributed by atoms with Crippen LogP contribution in [0.5, 0.6) is 5.75 Å². The molecule has 0 saturated carbocycles. The first-order valence-corrected chi connectivity index (χ1v) is 16.0. The van der Waals surface area contributed by atoms with Crippen LogP contribution in [0.1, 0.15) is 75.7 Å². The lowest BCUT2D eigenvalue weighted by Gasteiger charge is -2.36. The van der Waals surface area contributed by atoms with Crippen molar-refractivity contribution < 1.29 is 33.8 Å². The van der Waals surface area contributed by atoms with E-state index in [1.165, 1.54) is 17.1 Å². The first-order valence-electron chi connectivity index (χ1n) is 16.0. The number of carbonyl (C=O) groups is 4. The average Bonchev–Trinajstić information content (AvgIpc) is 3.04. The van der Waals surface area contributed by atoms with Gasteiger partial charge in [-0.3, -0.25) is 24.2 Å². The van der Waals surface area contributed by atoms with Gasteiger partial charge in [0.25, 0.3) is 5.91 Å². The predicted octanol–water partition coefficient (Wildman–Crippen LogP) is 3.57. The van der Waals surface area contributed by atoms with Gasteiger partial charge in [0.1, 0.15) is 30.0 Å². The number of rotatable bonds is 4. The van der Waals surface area contributed by atoms with Crippen LogP contribution in [0.4, 0.5) is 0 Å². The highest BCUT2D eigenvalue weighted by molar-refractivity contribution is 5.92. The molecule has 4 bridgehead atoms. The minimum absolute atomic E-state index is 0.0313. The second-order valence-corrected chi connectivity index (χ2v) is 12.3. The number of cyclic esters (lactones) is 1. The fourth-order valence-electron chi connectivity index (χ4n) is 5.70. The summed E-state index contributed by atoms with van der Waals surface area (Å²) in [5.41, 5.74) is 5.44. The van der Waals surface area contributed by atoms with Crippen molar-refractivity contribution in [2.24, 2.45) is 5.92 Å². The lowest BCUT2D eigenvalue weighted by molar-refractivity contribution is -0.157. The Morgan fingerprint density at radius 2 is 1.83 bits per heavy atom. The third-order valence-electron chi connectivity index (χ3n) is 8.35. The molecule has 11 nitrogen and oxygen atoms in total. The number of carbonyl (C=O) groups excluding carboxylic acids is 4. The molecular weight excluding hydrogens is 588 g/mol. The third kappa shape index (κ3) is 9.64. The van der Waals surface area contributed by atoms with Gasteiger partial charge < -0.3 is 25.2 Å². The zero-order valence-electron chi connectivity index (χ0n) is 27.0. The van der Waals surface area contributed by atoms with Crippen LogP contribution in [0.15, 0.2) is 54.6 Å². The topological polar surface area (TPSA) is 146 Å². The molecule has 0 radical (unpaired) electrons. The molecule has 2 aromatic rings. The number of amides is 3. The number of fused-ring (bicyclic) bond motifs is 4. The molecule has 0 spiro atoms. The van der Waals surface area contributed by atoms with Crippen LogP contribution in [-0.2, 0) is 35.1 Å². The third-order valence-corrected chi connectivity index (χ3v) is 8.35. The number of aromatic hydroxyl groups is 1. The van der Waals surface area contributed by atoms with Crippen molar-refractivity contribution in [2.75, 3.05) is 13.7 Å². The van der Waals surface area contributed by atoms with Gasteiger partial charge in [-0.15, -0.1) is 0 Å². The van der Waals surface area contributed by atoms with Crippen molar-refractivity contribution in [3.05, 3.63) is 71.3 Å². The van der Waals surface area contributed by atoms with Gasteiger partial charge in [0, 0.05) is 20.1 Å². The van der Waals surface area contributed by atoms with Gasteiger partial charge in [-0.1, -0.05) is 56.3 Å². The number of phenolic OH excluding ortho intramolecular Hbond substituents is 1. The molecule has 0 aliphatic carbocycles. The summed E-state index contributed by atoms with van der Waals surface area (Å²) in [7, 11) is 1.56. The smallest absolute Gasteiger partial charge is 0.325 e. The number of hydrazine groups is 1. The quantitative estimate of drug-likeness (QED) is 0.374. The molecule has 46 heavy (non-hydrogen) atoms. The summed E-state index contributed by atoms with van der Waals surface area (Å²) in [6, 6.07) is 11.5. The molecule has 4 N–H and O–H groups in total. The molecule has 1 fully saturated rings. The van der Waals surface area contributed by atoms with Crippen molar-refractivity contribution >= 4 is 29.8 Å². The maximum atomic E-state index is 14.0. The normalized spacial score (nSPS) is 26.3. The van der Waals surface area contributed by atoms with E-state index in [0.717, 1.165) is 11.1 Å². The summed E-state index contributed by atoms with van der Waals surface area (Å²) in [6.45, 7) is 5.77. The summed E-state index contributed by atoms with van der Waals surface area (Å²) < 4.78 is 11.4. The highest BCUT2D eigenvalue weighted by Gasteiger charge is 2.35. The Balaban J connectivity index is 1.64. The second kappa shape index (κ2) is 16.4. The van der Waals surface area contributed by atoms with E-state index in [0.29, 0.717) is 37.8 Å². The van der Waals surface area contributed by atoms with Crippen LogP contribution in [0.2, 0.25) is 0 Å². The van der Waals surface area contributed by atoms with Crippen LogP contribution in [0, 0.1) is 5.92 Å². The number of esters is 1. The largest absolute Gasteiger partial charge is 0.508 e.